The fourth-order valence-corrected chi connectivity index (χ4v) is 4.83. The van der Waals surface area contributed by atoms with E-state index in [-0.39, 0.29) is 11.9 Å². The van der Waals surface area contributed by atoms with Crippen molar-refractivity contribution < 1.29 is 19.2 Å². The van der Waals surface area contributed by atoms with E-state index < -0.39 is 23.5 Å². The smallest absolute Gasteiger partial charge is 0.309 e. The molecule has 32 heavy (non-hydrogen) atoms. The summed E-state index contributed by atoms with van der Waals surface area (Å²) >= 11 is 0. The first-order valence-electron chi connectivity index (χ1n) is 10.6. The lowest BCUT2D eigenvalue weighted by Gasteiger charge is -2.26. The Morgan fingerprint density at radius 2 is 1.53 bits per heavy atom. The summed E-state index contributed by atoms with van der Waals surface area (Å²) in [5.74, 6) is -0.968. The number of nitrogens with zero attached hydrogens (tertiary/aromatic N) is 1. The van der Waals surface area contributed by atoms with Gasteiger partial charge in [-0.15, -0.1) is 0 Å². The zero-order valence-electron chi connectivity index (χ0n) is 17.7. The van der Waals surface area contributed by atoms with Gasteiger partial charge in [0, 0.05) is 11.1 Å². The van der Waals surface area contributed by atoms with Crippen molar-refractivity contribution in [3.05, 3.63) is 96.6 Å². The van der Waals surface area contributed by atoms with Crippen LogP contribution in [0.15, 0.2) is 91.0 Å². The molecular formula is C26H24N2O4. The van der Waals surface area contributed by atoms with E-state index in [1.807, 2.05) is 91.0 Å². The van der Waals surface area contributed by atoms with Crippen LogP contribution in [0, 0.1) is 11.3 Å². The third kappa shape index (κ3) is 3.33. The molecule has 1 aliphatic heterocycles. The predicted octanol–water partition coefficient (Wildman–Crippen LogP) is 4.37. The van der Waals surface area contributed by atoms with Gasteiger partial charge >= 0.3 is 5.97 Å². The van der Waals surface area contributed by atoms with E-state index in [0.29, 0.717) is 12.1 Å². The molecular weight excluding hydrogens is 404 g/mol. The van der Waals surface area contributed by atoms with E-state index in [0.717, 1.165) is 11.3 Å². The average Bonchev–Trinajstić information content (AvgIpc) is 3.47. The predicted molar refractivity (Wildman–Crippen MR) is 121 cm³/mol. The minimum atomic E-state index is -0.733. The maximum absolute atomic E-state index is 13.7. The van der Waals surface area contributed by atoms with Crippen LogP contribution in [0.3, 0.4) is 0 Å². The van der Waals surface area contributed by atoms with Gasteiger partial charge in [0.15, 0.2) is 0 Å². The van der Waals surface area contributed by atoms with Gasteiger partial charge in [-0.25, -0.2) is 5.06 Å². The van der Waals surface area contributed by atoms with Crippen LogP contribution in [0.5, 0.6) is 0 Å². The molecule has 0 radical (unpaired) electrons. The molecule has 2 aliphatic rings. The number of benzene rings is 3. The first-order valence-corrected chi connectivity index (χ1v) is 10.6. The molecule has 1 saturated heterocycles. The van der Waals surface area contributed by atoms with Crippen molar-refractivity contribution in [3.8, 4) is 0 Å². The van der Waals surface area contributed by atoms with Gasteiger partial charge in [0.2, 0.25) is 5.91 Å². The number of hydrogen-bond acceptors (Lipinski definition) is 5. The molecule has 1 N–H and O–H groups in total. The van der Waals surface area contributed by atoms with E-state index in [4.69, 9.17) is 9.57 Å². The quantitative estimate of drug-likeness (QED) is 0.612. The van der Waals surface area contributed by atoms with Gasteiger partial charge in [-0.1, -0.05) is 66.7 Å². The number of nitrogens with one attached hydrogen (secondary N) is 1. The normalized spacial score (nSPS) is 26.0. The molecule has 1 aliphatic carbocycles. The second-order valence-electron chi connectivity index (χ2n) is 8.21. The van der Waals surface area contributed by atoms with Crippen LogP contribution >= 0.6 is 0 Å². The molecule has 6 nitrogen and oxygen atoms in total. The Labute approximate surface area is 186 Å². The molecule has 2 fully saturated rings. The second kappa shape index (κ2) is 8.13. The Hall–Kier alpha value is -3.64. The van der Waals surface area contributed by atoms with Gasteiger partial charge in [-0.2, -0.15) is 0 Å². The maximum Gasteiger partial charge on any atom is 0.309 e. The van der Waals surface area contributed by atoms with Crippen LogP contribution in [-0.4, -0.2) is 25.0 Å². The zero-order chi connectivity index (χ0) is 22.1. The molecule has 1 spiro atoms. The van der Waals surface area contributed by atoms with Gasteiger partial charge in [0.05, 0.1) is 18.7 Å². The molecule has 0 aromatic heterocycles. The van der Waals surface area contributed by atoms with Gasteiger partial charge in [-0.05, 0) is 36.2 Å². The third-order valence-electron chi connectivity index (χ3n) is 6.39. The van der Waals surface area contributed by atoms with Crippen LogP contribution in [-0.2, 0) is 19.2 Å². The Morgan fingerprint density at radius 3 is 2.16 bits per heavy atom. The molecule has 6 heteroatoms. The standard InChI is InChI=1S/C26H24N2O4/c1-31-25(30)21-17-26(21)22(24(29)27-19-13-7-3-8-14-19)28(20-15-9-4-10-16-20)32-23(26)18-11-5-2-6-12-18/h2-16,21-23H,17H2,1H3,(H,27,29). The number of esters is 1. The summed E-state index contributed by atoms with van der Waals surface area (Å²) in [5, 5.41) is 4.68. The molecule has 5 rings (SSSR count). The number of carbonyl (C=O) groups excluding carboxylic acids is 2. The van der Waals surface area contributed by atoms with Crippen molar-refractivity contribution in [1.29, 1.82) is 0 Å². The van der Waals surface area contributed by atoms with E-state index >= 15 is 0 Å². The Bertz CT molecular complexity index is 1110. The highest BCUT2D eigenvalue weighted by molar-refractivity contribution is 5.99. The van der Waals surface area contributed by atoms with E-state index in [9.17, 15) is 9.59 Å². The molecule has 162 valence electrons. The Balaban J connectivity index is 1.60. The fourth-order valence-electron chi connectivity index (χ4n) is 4.83. The molecule has 4 atom stereocenters. The van der Waals surface area contributed by atoms with E-state index in [2.05, 4.69) is 5.32 Å². The van der Waals surface area contributed by atoms with Crippen molar-refractivity contribution in [1.82, 2.24) is 0 Å². The summed E-state index contributed by atoms with van der Waals surface area (Å²) < 4.78 is 5.09. The molecule has 0 bridgehead atoms. The minimum Gasteiger partial charge on any atom is -0.469 e. The fraction of sp³-hybridized carbons (Fsp3) is 0.231. The molecule has 4 unspecified atom stereocenters. The van der Waals surface area contributed by atoms with Crippen LogP contribution in [0.25, 0.3) is 0 Å². The summed E-state index contributed by atoms with van der Waals surface area (Å²) in [4.78, 5) is 32.8. The molecule has 3 aromatic carbocycles. The summed E-state index contributed by atoms with van der Waals surface area (Å²) in [6.07, 6.45) is 0.0506. The van der Waals surface area contributed by atoms with Crippen LogP contribution < -0.4 is 10.4 Å². The van der Waals surface area contributed by atoms with Crippen LogP contribution in [0.1, 0.15) is 18.1 Å². The summed E-state index contributed by atoms with van der Waals surface area (Å²) in [6, 6.07) is 27.9. The lowest BCUT2D eigenvalue weighted by atomic mass is 9.84. The van der Waals surface area contributed by atoms with Crippen molar-refractivity contribution >= 4 is 23.3 Å². The van der Waals surface area contributed by atoms with Crippen molar-refractivity contribution in [3.63, 3.8) is 0 Å². The second-order valence-corrected chi connectivity index (χ2v) is 8.21. The number of hydroxylamine groups is 1. The third-order valence-corrected chi connectivity index (χ3v) is 6.39. The van der Waals surface area contributed by atoms with Crippen LogP contribution in [0.2, 0.25) is 0 Å². The zero-order valence-corrected chi connectivity index (χ0v) is 17.7. The van der Waals surface area contributed by atoms with Crippen molar-refractivity contribution in [2.45, 2.75) is 18.6 Å². The average molecular weight is 428 g/mol. The number of carbonyl (C=O) groups is 2. The highest BCUT2D eigenvalue weighted by atomic mass is 16.7. The number of hydrogen-bond donors (Lipinski definition) is 1. The van der Waals surface area contributed by atoms with Crippen molar-refractivity contribution in [2.24, 2.45) is 11.3 Å². The minimum absolute atomic E-state index is 0.218. The lowest BCUT2D eigenvalue weighted by Crippen LogP contribution is -2.45. The Morgan fingerprint density at radius 1 is 0.938 bits per heavy atom. The van der Waals surface area contributed by atoms with E-state index in [1.54, 1.807) is 5.06 Å². The summed E-state index contributed by atoms with van der Waals surface area (Å²) in [5.41, 5.74) is 1.64. The highest BCUT2D eigenvalue weighted by Crippen LogP contribution is 2.69. The summed E-state index contributed by atoms with van der Waals surface area (Å²) in [6.45, 7) is 0. The van der Waals surface area contributed by atoms with Gasteiger partial charge in [0.25, 0.3) is 0 Å². The molecule has 1 saturated carbocycles. The lowest BCUT2D eigenvalue weighted by molar-refractivity contribution is -0.143. The highest BCUT2D eigenvalue weighted by Gasteiger charge is 2.75. The van der Waals surface area contributed by atoms with Crippen molar-refractivity contribution in [2.75, 3.05) is 17.5 Å². The van der Waals surface area contributed by atoms with E-state index in [1.165, 1.54) is 7.11 Å². The summed E-state index contributed by atoms with van der Waals surface area (Å²) in [7, 11) is 1.38. The number of methoxy groups -OCH3 is 1. The van der Waals surface area contributed by atoms with Gasteiger partial charge in [-0.3, -0.25) is 14.4 Å². The molecule has 1 amide bonds. The molecule has 1 heterocycles. The monoisotopic (exact) mass is 428 g/mol. The maximum atomic E-state index is 13.7. The largest absolute Gasteiger partial charge is 0.469 e. The Kier molecular flexibility index (Phi) is 5.15. The number of anilines is 2. The first-order chi connectivity index (χ1) is 15.6. The van der Waals surface area contributed by atoms with Gasteiger partial charge < -0.3 is 10.1 Å². The molecule has 3 aromatic rings. The number of rotatable bonds is 5. The number of ether oxygens (including phenoxy) is 1. The SMILES string of the molecule is COC(=O)C1CC12C(c1ccccc1)ON(c1ccccc1)C2C(=O)Nc1ccccc1. The first kappa shape index (κ1) is 20.3. The number of para-hydroxylation sites is 2. The van der Waals surface area contributed by atoms with Crippen LogP contribution in [0.4, 0.5) is 11.4 Å². The topological polar surface area (TPSA) is 67.9 Å². The number of amides is 1. The van der Waals surface area contributed by atoms with Gasteiger partial charge in [0.1, 0.15) is 12.1 Å².